The lowest BCUT2D eigenvalue weighted by molar-refractivity contribution is 1.05. The summed E-state index contributed by atoms with van der Waals surface area (Å²) >= 11 is 0. The lowest BCUT2D eigenvalue weighted by Crippen LogP contribution is -2.01. The molecule has 0 amide bonds. The Bertz CT molecular complexity index is 1620. The van der Waals surface area contributed by atoms with Crippen molar-refractivity contribution in [2.75, 3.05) is 0 Å². The highest BCUT2D eigenvalue weighted by molar-refractivity contribution is 5.77. The Morgan fingerprint density at radius 2 is 0.641 bits per heavy atom. The topological polar surface area (TPSA) is 53.5 Å². The molecule has 3 heterocycles. The van der Waals surface area contributed by atoms with Crippen LogP contribution in [0.25, 0.3) is 51.2 Å². The van der Waals surface area contributed by atoms with E-state index in [9.17, 15) is 0 Å². The molecule has 0 fully saturated rings. The Hall–Kier alpha value is -5.49. The number of rotatable bonds is 6. The van der Waals surface area contributed by atoms with E-state index in [-0.39, 0.29) is 0 Å². The summed E-state index contributed by atoms with van der Waals surface area (Å²) in [4.78, 5) is 14.3. The van der Waals surface area contributed by atoms with E-state index in [4.69, 9.17) is 15.0 Å². The summed E-state index contributed by atoms with van der Waals surface area (Å²) in [5, 5.41) is 0. The highest BCUT2D eigenvalue weighted by atomic mass is 15.1. The van der Waals surface area contributed by atoms with Crippen molar-refractivity contribution in [3.63, 3.8) is 0 Å². The minimum absolute atomic E-state index is 0.847. The second-order valence-electron chi connectivity index (χ2n) is 9.17. The molecule has 0 radical (unpaired) electrons. The zero-order valence-electron chi connectivity index (χ0n) is 21.0. The van der Waals surface area contributed by atoms with Crippen molar-refractivity contribution in [1.82, 2.24) is 28.7 Å². The molecule has 0 bridgehead atoms. The predicted molar refractivity (Wildman–Crippen MR) is 154 cm³/mol. The number of aromatic nitrogens is 6. The van der Waals surface area contributed by atoms with Gasteiger partial charge in [0, 0.05) is 70.9 Å². The number of hydrogen-bond donors (Lipinski definition) is 0. The maximum atomic E-state index is 4.78. The van der Waals surface area contributed by atoms with Gasteiger partial charge in [-0.2, -0.15) is 0 Å². The summed E-state index contributed by atoms with van der Waals surface area (Å²) in [6, 6.07) is 37.2. The monoisotopic (exact) mass is 504 g/mol. The van der Waals surface area contributed by atoms with Crippen LogP contribution in [-0.4, -0.2) is 28.7 Å². The van der Waals surface area contributed by atoms with Crippen molar-refractivity contribution in [3.05, 3.63) is 146 Å². The second kappa shape index (κ2) is 9.76. The molecule has 0 unspecified atom stereocenters. The summed E-state index contributed by atoms with van der Waals surface area (Å²) in [7, 11) is 0. The van der Waals surface area contributed by atoms with Crippen molar-refractivity contribution >= 4 is 0 Å². The normalized spacial score (nSPS) is 11.1. The van der Waals surface area contributed by atoms with Crippen LogP contribution in [0.4, 0.5) is 0 Å². The highest BCUT2D eigenvalue weighted by Gasteiger charge is 2.17. The molecule has 0 N–H and O–H groups in total. The Morgan fingerprint density at radius 3 is 0.923 bits per heavy atom. The molecular weight excluding hydrogens is 480 g/mol. The van der Waals surface area contributed by atoms with E-state index in [0.29, 0.717) is 0 Å². The van der Waals surface area contributed by atoms with E-state index in [1.54, 1.807) is 0 Å². The molecule has 0 atom stereocenters. The van der Waals surface area contributed by atoms with Gasteiger partial charge in [-0.05, 0) is 54.6 Å². The Balaban J connectivity index is 1.44. The molecule has 0 aliphatic carbocycles. The molecule has 7 rings (SSSR count). The van der Waals surface area contributed by atoms with Crippen LogP contribution in [-0.2, 0) is 0 Å². The van der Waals surface area contributed by atoms with E-state index in [1.165, 1.54) is 0 Å². The molecule has 186 valence electrons. The largest absolute Gasteiger partial charge is 0.300 e. The van der Waals surface area contributed by atoms with Gasteiger partial charge in [0.1, 0.15) is 17.5 Å². The summed E-state index contributed by atoms with van der Waals surface area (Å²) < 4.78 is 6.32. The average molecular weight is 505 g/mol. The van der Waals surface area contributed by atoms with Crippen LogP contribution < -0.4 is 0 Å². The lowest BCUT2D eigenvalue weighted by atomic mass is 10.0. The van der Waals surface area contributed by atoms with Crippen molar-refractivity contribution < 1.29 is 0 Å². The molecule has 3 aromatic heterocycles. The van der Waals surface area contributed by atoms with Gasteiger partial charge in [0.25, 0.3) is 0 Å². The van der Waals surface area contributed by atoms with Gasteiger partial charge in [-0.1, -0.05) is 54.6 Å². The van der Waals surface area contributed by atoms with E-state index < -0.39 is 0 Å². The number of hydrogen-bond acceptors (Lipinski definition) is 3. The second-order valence-corrected chi connectivity index (χ2v) is 9.17. The molecule has 0 spiro atoms. The van der Waals surface area contributed by atoms with Gasteiger partial charge in [0.2, 0.25) is 0 Å². The van der Waals surface area contributed by atoms with E-state index >= 15 is 0 Å². The third kappa shape index (κ3) is 4.24. The maximum Gasteiger partial charge on any atom is 0.144 e. The third-order valence-electron chi connectivity index (χ3n) is 6.73. The Morgan fingerprint density at radius 1 is 0.359 bits per heavy atom. The lowest BCUT2D eigenvalue weighted by Gasteiger charge is -2.14. The zero-order valence-corrected chi connectivity index (χ0v) is 21.0. The number of nitrogens with zero attached hydrogens (tertiary/aromatic N) is 6. The van der Waals surface area contributed by atoms with Crippen LogP contribution in [0.5, 0.6) is 0 Å². The number of para-hydroxylation sites is 3. The smallest absolute Gasteiger partial charge is 0.144 e. The fourth-order valence-electron chi connectivity index (χ4n) is 4.96. The zero-order chi connectivity index (χ0) is 26.0. The first-order valence-electron chi connectivity index (χ1n) is 12.8. The molecule has 7 aromatic rings. The average Bonchev–Trinajstić information content (AvgIpc) is 3.79. The van der Waals surface area contributed by atoms with E-state index in [0.717, 1.165) is 51.2 Å². The molecule has 4 aromatic carbocycles. The molecule has 0 aliphatic rings. The van der Waals surface area contributed by atoms with Gasteiger partial charge in [-0.15, -0.1) is 0 Å². The minimum atomic E-state index is 0.847. The fraction of sp³-hybridized carbons (Fsp3) is 0. The minimum Gasteiger partial charge on any atom is -0.300 e. The SMILES string of the molecule is c1ccc(-n2ccnc2-c2cc(-c3nccn3-c3ccccc3)cc(-c3nccn3-c3ccccc3)c2)cc1. The van der Waals surface area contributed by atoms with E-state index in [1.807, 2.05) is 91.8 Å². The molecule has 6 heteroatoms. The summed E-state index contributed by atoms with van der Waals surface area (Å²) in [6.07, 6.45) is 11.5. The van der Waals surface area contributed by atoms with Crippen LogP contribution in [0.1, 0.15) is 0 Å². The van der Waals surface area contributed by atoms with Gasteiger partial charge in [-0.3, -0.25) is 13.7 Å². The van der Waals surface area contributed by atoms with Crippen molar-refractivity contribution in [2.24, 2.45) is 0 Å². The molecule has 39 heavy (non-hydrogen) atoms. The molecular formula is C33H24N6. The molecule has 6 nitrogen and oxygen atoms in total. The van der Waals surface area contributed by atoms with Gasteiger partial charge in [0.05, 0.1) is 0 Å². The number of imidazole rings is 3. The van der Waals surface area contributed by atoms with Crippen LogP contribution in [0.15, 0.2) is 146 Å². The van der Waals surface area contributed by atoms with Gasteiger partial charge in [-0.25, -0.2) is 15.0 Å². The van der Waals surface area contributed by atoms with Crippen LogP contribution in [0.2, 0.25) is 0 Å². The molecule has 0 aliphatic heterocycles. The van der Waals surface area contributed by atoms with Gasteiger partial charge < -0.3 is 0 Å². The fourth-order valence-corrected chi connectivity index (χ4v) is 4.96. The first-order valence-corrected chi connectivity index (χ1v) is 12.8. The number of benzene rings is 4. The third-order valence-corrected chi connectivity index (χ3v) is 6.73. The van der Waals surface area contributed by atoms with E-state index in [2.05, 4.69) is 68.3 Å². The van der Waals surface area contributed by atoms with Crippen LogP contribution in [0, 0.1) is 0 Å². The van der Waals surface area contributed by atoms with Crippen molar-refractivity contribution in [3.8, 4) is 51.2 Å². The van der Waals surface area contributed by atoms with Gasteiger partial charge >= 0.3 is 0 Å². The van der Waals surface area contributed by atoms with Crippen LogP contribution in [0.3, 0.4) is 0 Å². The highest BCUT2D eigenvalue weighted by Crippen LogP contribution is 2.33. The maximum absolute atomic E-state index is 4.78. The van der Waals surface area contributed by atoms with Crippen molar-refractivity contribution in [2.45, 2.75) is 0 Å². The van der Waals surface area contributed by atoms with Gasteiger partial charge in [0.15, 0.2) is 0 Å². The predicted octanol–water partition coefficient (Wildman–Crippen LogP) is 7.24. The molecule has 0 saturated heterocycles. The first-order chi connectivity index (χ1) is 19.3. The standard InChI is InChI=1S/C33H24N6/c1-4-10-28(11-5-1)37-19-16-34-31(37)25-22-26(32-35-17-20-38(32)29-12-6-2-7-13-29)24-27(23-25)33-36-18-21-39(33)30-14-8-3-9-15-30/h1-24H. The summed E-state index contributed by atoms with van der Waals surface area (Å²) in [5.74, 6) is 2.54. The Kier molecular flexibility index (Phi) is 5.68. The van der Waals surface area contributed by atoms with Crippen molar-refractivity contribution in [1.29, 1.82) is 0 Å². The van der Waals surface area contributed by atoms with Crippen LogP contribution >= 0.6 is 0 Å². The summed E-state index contributed by atoms with van der Waals surface area (Å²) in [5.41, 5.74) is 6.07. The quantitative estimate of drug-likeness (QED) is 0.240. The Labute approximate surface area is 226 Å². The molecule has 0 saturated carbocycles. The summed E-state index contributed by atoms with van der Waals surface area (Å²) in [6.45, 7) is 0. The first kappa shape index (κ1) is 22.7.